The summed E-state index contributed by atoms with van der Waals surface area (Å²) in [7, 11) is 0. The topological polar surface area (TPSA) is 29.5 Å². The summed E-state index contributed by atoms with van der Waals surface area (Å²) in [4.78, 5) is 0. The highest BCUT2D eigenvalue weighted by molar-refractivity contribution is 7.99. The van der Waals surface area contributed by atoms with E-state index in [1.54, 1.807) is 0 Å². The highest BCUT2D eigenvalue weighted by Crippen LogP contribution is 2.38. The Balaban J connectivity index is 1.99. The monoisotopic (exact) mass is 274 g/mol. The lowest BCUT2D eigenvalue weighted by Crippen LogP contribution is -2.47. The molecule has 1 aliphatic rings. The molecule has 1 atom stereocenters. The van der Waals surface area contributed by atoms with Gasteiger partial charge in [-0.05, 0) is 25.1 Å². The molecule has 18 heavy (non-hydrogen) atoms. The Kier molecular flexibility index (Phi) is 4.25. The lowest BCUT2D eigenvalue weighted by Gasteiger charge is -2.40. The van der Waals surface area contributed by atoms with Gasteiger partial charge in [0.2, 0.25) is 0 Å². The third-order valence-corrected chi connectivity index (χ3v) is 4.72. The van der Waals surface area contributed by atoms with Gasteiger partial charge in [-0.25, -0.2) is 8.78 Å². The molecule has 5 heteroatoms. The molecule has 0 spiro atoms. The fraction of sp³-hybridized carbons (Fsp3) is 0.538. The van der Waals surface area contributed by atoms with E-state index in [1.807, 2.05) is 6.92 Å². The predicted octanol–water partition coefficient (Wildman–Crippen LogP) is 2.77. The molecule has 0 aliphatic carbocycles. The van der Waals surface area contributed by atoms with E-state index in [0.717, 1.165) is 12.1 Å². The summed E-state index contributed by atoms with van der Waals surface area (Å²) in [5, 5.41) is 9.14. The minimum atomic E-state index is -0.428. The van der Waals surface area contributed by atoms with Crippen molar-refractivity contribution in [2.24, 2.45) is 5.41 Å². The fourth-order valence-corrected chi connectivity index (χ4v) is 3.05. The molecule has 0 bridgehead atoms. The van der Waals surface area contributed by atoms with Crippen molar-refractivity contribution < 1.29 is 18.6 Å². The summed E-state index contributed by atoms with van der Waals surface area (Å²) in [6.07, 6.45) is 0. The Morgan fingerprint density at radius 1 is 1.44 bits per heavy atom. The zero-order valence-electron chi connectivity index (χ0n) is 10.2. The van der Waals surface area contributed by atoms with Gasteiger partial charge in [-0.15, -0.1) is 0 Å². The summed E-state index contributed by atoms with van der Waals surface area (Å²) in [5.41, 5.74) is 0.163. The van der Waals surface area contributed by atoms with Gasteiger partial charge in [0.25, 0.3) is 0 Å². The van der Waals surface area contributed by atoms with E-state index in [2.05, 4.69) is 0 Å². The van der Waals surface area contributed by atoms with Gasteiger partial charge in [0.15, 0.2) is 0 Å². The Morgan fingerprint density at radius 2 is 2.17 bits per heavy atom. The van der Waals surface area contributed by atoms with Gasteiger partial charge in [-0.1, -0.05) is 0 Å². The maximum atomic E-state index is 13.6. The first-order valence-electron chi connectivity index (χ1n) is 5.81. The third kappa shape index (κ3) is 2.84. The van der Waals surface area contributed by atoms with Crippen molar-refractivity contribution in [2.75, 3.05) is 25.6 Å². The molecule has 0 aromatic heterocycles. The van der Waals surface area contributed by atoms with Crippen molar-refractivity contribution in [3.63, 3.8) is 0 Å². The van der Waals surface area contributed by atoms with Crippen LogP contribution in [0, 0.1) is 17.0 Å². The van der Waals surface area contributed by atoms with Crippen LogP contribution in [-0.4, -0.2) is 30.7 Å². The van der Waals surface area contributed by atoms with Crippen molar-refractivity contribution in [3.05, 3.63) is 35.4 Å². The normalized spacial score (nSPS) is 19.3. The van der Waals surface area contributed by atoms with Gasteiger partial charge in [-0.3, -0.25) is 0 Å². The second-order valence-electron chi connectivity index (χ2n) is 4.77. The molecule has 100 valence electrons. The number of halogens is 2. The Morgan fingerprint density at radius 3 is 2.72 bits per heavy atom. The zero-order chi connectivity index (χ0) is 13.2. The lowest BCUT2D eigenvalue weighted by molar-refractivity contribution is -0.121. The van der Waals surface area contributed by atoms with Gasteiger partial charge in [-0.2, -0.15) is 11.8 Å². The van der Waals surface area contributed by atoms with Gasteiger partial charge < -0.3 is 9.84 Å². The molecule has 1 saturated heterocycles. The summed E-state index contributed by atoms with van der Waals surface area (Å²) in [5.74, 6) is -0.136. The minimum Gasteiger partial charge on any atom is -0.396 e. The first kappa shape index (κ1) is 13.8. The molecule has 1 unspecified atom stereocenters. The molecule has 1 fully saturated rings. The highest BCUT2D eigenvalue weighted by Gasteiger charge is 2.38. The van der Waals surface area contributed by atoms with Crippen molar-refractivity contribution in [2.45, 2.75) is 12.2 Å². The van der Waals surface area contributed by atoms with Crippen molar-refractivity contribution in [3.8, 4) is 0 Å². The molecule has 2 nitrogen and oxygen atoms in total. The number of hydrogen-bond acceptors (Lipinski definition) is 3. The zero-order valence-corrected chi connectivity index (χ0v) is 11.0. The van der Waals surface area contributed by atoms with E-state index < -0.39 is 5.82 Å². The Bertz CT molecular complexity index is 416. The number of benzene rings is 1. The highest BCUT2D eigenvalue weighted by atomic mass is 32.2. The van der Waals surface area contributed by atoms with E-state index in [4.69, 9.17) is 4.74 Å². The van der Waals surface area contributed by atoms with Crippen molar-refractivity contribution in [1.82, 2.24) is 0 Å². The molecule has 1 heterocycles. The second kappa shape index (κ2) is 5.55. The third-order valence-electron chi connectivity index (χ3n) is 3.19. The fourth-order valence-electron chi connectivity index (χ4n) is 1.83. The van der Waals surface area contributed by atoms with Crippen LogP contribution in [0.15, 0.2) is 18.2 Å². The quantitative estimate of drug-likeness (QED) is 0.895. The van der Waals surface area contributed by atoms with E-state index in [1.165, 1.54) is 17.8 Å². The maximum Gasteiger partial charge on any atom is 0.127 e. The van der Waals surface area contributed by atoms with E-state index >= 15 is 0 Å². The molecule has 2 rings (SSSR count). The van der Waals surface area contributed by atoms with Crippen LogP contribution in [0.4, 0.5) is 8.78 Å². The van der Waals surface area contributed by atoms with Crippen LogP contribution in [0.2, 0.25) is 0 Å². The average Bonchev–Trinajstić information content (AvgIpc) is 2.31. The van der Waals surface area contributed by atoms with Crippen LogP contribution in [0.5, 0.6) is 0 Å². The van der Waals surface area contributed by atoms with Gasteiger partial charge in [0, 0.05) is 22.0 Å². The maximum absolute atomic E-state index is 13.6. The van der Waals surface area contributed by atoms with Crippen LogP contribution in [-0.2, 0) is 4.74 Å². The molecule has 0 amide bonds. The molecule has 1 aromatic rings. The van der Waals surface area contributed by atoms with Crippen molar-refractivity contribution >= 4 is 11.8 Å². The van der Waals surface area contributed by atoms with Crippen LogP contribution >= 0.6 is 11.8 Å². The first-order valence-corrected chi connectivity index (χ1v) is 6.86. The number of rotatable bonds is 5. The molecule has 1 aromatic carbocycles. The summed E-state index contributed by atoms with van der Waals surface area (Å²) in [6, 6.07) is 3.50. The molecule has 0 radical (unpaired) electrons. The molecule has 1 aliphatic heterocycles. The first-order chi connectivity index (χ1) is 8.56. The average molecular weight is 274 g/mol. The van der Waals surface area contributed by atoms with E-state index in [0.29, 0.717) is 24.5 Å². The second-order valence-corrected chi connectivity index (χ2v) is 6.10. The number of aliphatic hydroxyl groups excluding tert-OH is 1. The SMILES string of the molecule is CC(SCC1(CO)COC1)c1cc(F)ccc1F. The van der Waals surface area contributed by atoms with Crippen LogP contribution in [0.1, 0.15) is 17.7 Å². The van der Waals surface area contributed by atoms with Crippen LogP contribution < -0.4 is 0 Å². The molecule has 0 saturated carbocycles. The van der Waals surface area contributed by atoms with Crippen LogP contribution in [0.25, 0.3) is 0 Å². The van der Waals surface area contributed by atoms with E-state index in [-0.39, 0.29) is 23.1 Å². The van der Waals surface area contributed by atoms with E-state index in [9.17, 15) is 13.9 Å². The predicted molar refractivity (Wildman–Crippen MR) is 67.6 cm³/mol. The lowest BCUT2D eigenvalue weighted by atomic mass is 9.90. The summed E-state index contributed by atoms with van der Waals surface area (Å²) < 4.78 is 31.8. The number of thioether (sulfide) groups is 1. The van der Waals surface area contributed by atoms with Gasteiger partial charge in [0.1, 0.15) is 11.6 Å². The van der Waals surface area contributed by atoms with Crippen LogP contribution in [0.3, 0.4) is 0 Å². The minimum absolute atomic E-state index is 0.0678. The largest absolute Gasteiger partial charge is 0.396 e. The number of hydrogen-bond donors (Lipinski definition) is 1. The number of ether oxygens (including phenoxy) is 1. The van der Waals surface area contributed by atoms with Gasteiger partial charge in [0.05, 0.1) is 19.8 Å². The smallest absolute Gasteiger partial charge is 0.127 e. The van der Waals surface area contributed by atoms with Gasteiger partial charge >= 0.3 is 0 Å². The molecule has 1 N–H and O–H groups in total. The number of aliphatic hydroxyl groups is 1. The standard InChI is InChI=1S/C13H16F2O2S/c1-9(11-4-10(14)2-3-12(11)15)18-8-13(5-16)6-17-7-13/h2-4,9,16H,5-8H2,1H3. The Hall–Kier alpha value is -0.650. The summed E-state index contributed by atoms with van der Waals surface area (Å²) in [6.45, 7) is 2.98. The summed E-state index contributed by atoms with van der Waals surface area (Å²) >= 11 is 1.51. The Labute approximate surface area is 109 Å². The molecular weight excluding hydrogens is 258 g/mol. The molecular formula is C13H16F2O2S. The van der Waals surface area contributed by atoms with Crippen molar-refractivity contribution in [1.29, 1.82) is 0 Å².